The van der Waals surface area contributed by atoms with Crippen LogP contribution in [0.4, 0.5) is 9.18 Å². The molecular weight excluding hydrogens is 415 g/mol. The fourth-order valence-electron chi connectivity index (χ4n) is 3.10. The molecule has 0 fully saturated rings. The molecule has 2 rings (SSSR count). The van der Waals surface area contributed by atoms with Gasteiger partial charge in [-0.3, -0.25) is 4.79 Å². The minimum atomic E-state index is -1.11. The molecule has 0 saturated heterocycles. The number of esters is 1. The fraction of sp³-hybridized carbons (Fsp3) is 0.375. The van der Waals surface area contributed by atoms with Crippen molar-refractivity contribution in [1.29, 1.82) is 0 Å². The third-order valence-electron chi connectivity index (χ3n) is 4.71. The van der Waals surface area contributed by atoms with Gasteiger partial charge < -0.3 is 20.1 Å². The summed E-state index contributed by atoms with van der Waals surface area (Å²) >= 11 is 0. The minimum Gasteiger partial charge on any atom is -0.467 e. The Morgan fingerprint density at radius 3 is 2.22 bits per heavy atom. The van der Waals surface area contributed by atoms with Gasteiger partial charge in [0.1, 0.15) is 24.5 Å². The maximum absolute atomic E-state index is 14.0. The number of methoxy groups -OCH3 is 1. The van der Waals surface area contributed by atoms with Gasteiger partial charge in [-0.25, -0.2) is 14.0 Å². The maximum atomic E-state index is 14.0. The Balaban J connectivity index is 2.05. The summed E-state index contributed by atoms with van der Waals surface area (Å²) in [4.78, 5) is 37.4. The number of amides is 2. The second kappa shape index (κ2) is 12.4. The molecule has 2 atom stereocenters. The lowest BCUT2D eigenvalue weighted by Crippen LogP contribution is -2.53. The van der Waals surface area contributed by atoms with Crippen molar-refractivity contribution in [2.75, 3.05) is 7.11 Å². The molecule has 8 heteroatoms. The zero-order valence-electron chi connectivity index (χ0n) is 18.5. The van der Waals surface area contributed by atoms with Crippen LogP contribution in [0, 0.1) is 11.7 Å². The van der Waals surface area contributed by atoms with Gasteiger partial charge in [-0.15, -0.1) is 0 Å². The number of halogens is 1. The highest BCUT2D eigenvalue weighted by Crippen LogP contribution is 2.12. The van der Waals surface area contributed by atoms with E-state index in [0.717, 1.165) is 5.56 Å². The van der Waals surface area contributed by atoms with Crippen LogP contribution < -0.4 is 10.6 Å². The van der Waals surface area contributed by atoms with Gasteiger partial charge in [0.2, 0.25) is 5.91 Å². The Kier molecular flexibility index (Phi) is 9.66. The fourth-order valence-corrected chi connectivity index (χ4v) is 3.10. The number of alkyl carbamates (subject to hydrolysis) is 1. The zero-order valence-corrected chi connectivity index (χ0v) is 18.5. The van der Waals surface area contributed by atoms with Crippen LogP contribution in [0.15, 0.2) is 54.6 Å². The quantitative estimate of drug-likeness (QED) is 0.548. The van der Waals surface area contributed by atoms with Gasteiger partial charge in [-0.1, -0.05) is 62.4 Å². The second-order valence-electron chi connectivity index (χ2n) is 7.77. The highest BCUT2D eigenvalue weighted by atomic mass is 19.1. The summed E-state index contributed by atoms with van der Waals surface area (Å²) in [6, 6.07) is 13.1. The van der Waals surface area contributed by atoms with Crippen molar-refractivity contribution in [1.82, 2.24) is 10.6 Å². The highest BCUT2D eigenvalue weighted by molar-refractivity contribution is 5.89. The molecule has 32 heavy (non-hydrogen) atoms. The molecule has 2 N–H and O–H groups in total. The largest absolute Gasteiger partial charge is 0.467 e. The Morgan fingerprint density at radius 2 is 1.59 bits per heavy atom. The van der Waals surface area contributed by atoms with E-state index in [2.05, 4.69) is 10.6 Å². The van der Waals surface area contributed by atoms with Gasteiger partial charge in [0.25, 0.3) is 0 Å². The SMILES string of the molecule is COC(=O)[C@H](Cc1ccccc1F)NC(=O)[C@H](CC(C)C)NC(=O)OCc1ccccc1. The number of carbonyl (C=O) groups is 3. The molecule has 2 aromatic carbocycles. The molecule has 0 heterocycles. The average molecular weight is 445 g/mol. The van der Waals surface area contributed by atoms with Crippen molar-refractivity contribution in [3.05, 3.63) is 71.5 Å². The molecule has 0 radical (unpaired) electrons. The van der Waals surface area contributed by atoms with E-state index in [-0.39, 0.29) is 24.5 Å². The van der Waals surface area contributed by atoms with Crippen LogP contribution in [0.2, 0.25) is 0 Å². The molecule has 0 spiro atoms. The van der Waals surface area contributed by atoms with Crippen LogP contribution in [0.1, 0.15) is 31.4 Å². The van der Waals surface area contributed by atoms with Crippen molar-refractivity contribution in [3.63, 3.8) is 0 Å². The van der Waals surface area contributed by atoms with Gasteiger partial charge in [0.15, 0.2) is 0 Å². The lowest BCUT2D eigenvalue weighted by atomic mass is 10.0. The van der Waals surface area contributed by atoms with Crippen molar-refractivity contribution < 1.29 is 28.2 Å². The number of ether oxygens (including phenoxy) is 2. The molecular formula is C24H29FN2O5. The summed E-state index contributed by atoms with van der Waals surface area (Å²) in [6.45, 7) is 3.85. The van der Waals surface area contributed by atoms with Gasteiger partial charge in [0, 0.05) is 6.42 Å². The Hall–Kier alpha value is -3.42. The van der Waals surface area contributed by atoms with Crippen molar-refractivity contribution in [3.8, 4) is 0 Å². The molecule has 0 aliphatic heterocycles. The summed E-state index contributed by atoms with van der Waals surface area (Å²) in [7, 11) is 1.19. The number of hydrogen-bond acceptors (Lipinski definition) is 5. The van der Waals surface area contributed by atoms with E-state index < -0.39 is 35.9 Å². The molecule has 7 nitrogen and oxygen atoms in total. The molecule has 0 aromatic heterocycles. The van der Waals surface area contributed by atoms with Gasteiger partial charge in [-0.2, -0.15) is 0 Å². The van der Waals surface area contributed by atoms with Gasteiger partial charge >= 0.3 is 12.1 Å². The second-order valence-corrected chi connectivity index (χ2v) is 7.77. The van der Waals surface area contributed by atoms with Crippen LogP contribution in [-0.4, -0.2) is 37.2 Å². The van der Waals surface area contributed by atoms with E-state index in [1.165, 1.54) is 25.3 Å². The Bertz CT molecular complexity index is 904. The molecule has 172 valence electrons. The van der Waals surface area contributed by atoms with Gasteiger partial charge in [-0.05, 0) is 29.5 Å². The minimum absolute atomic E-state index is 0.0563. The van der Waals surface area contributed by atoms with E-state index in [1.807, 2.05) is 44.2 Å². The summed E-state index contributed by atoms with van der Waals surface area (Å²) in [5.41, 5.74) is 1.07. The monoisotopic (exact) mass is 444 g/mol. The molecule has 0 saturated carbocycles. The number of rotatable bonds is 10. The first kappa shape index (κ1) is 24.8. The van der Waals surface area contributed by atoms with E-state index >= 15 is 0 Å². The average Bonchev–Trinajstić information content (AvgIpc) is 2.78. The van der Waals surface area contributed by atoms with Crippen LogP contribution in [0.3, 0.4) is 0 Å². The van der Waals surface area contributed by atoms with Crippen LogP contribution in [0.5, 0.6) is 0 Å². The number of hydrogen-bond donors (Lipinski definition) is 2. The zero-order chi connectivity index (χ0) is 23.5. The molecule has 0 unspecified atom stereocenters. The number of carbonyl (C=O) groups excluding carboxylic acids is 3. The summed E-state index contributed by atoms with van der Waals surface area (Å²) in [6.07, 6.45) is -0.518. The molecule has 2 amide bonds. The van der Waals surface area contributed by atoms with E-state index in [1.54, 1.807) is 6.07 Å². The van der Waals surface area contributed by atoms with Crippen molar-refractivity contribution in [2.45, 2.75) is 45.4 Å². The first-order valence-corrected chi connectivity index (χ1v) is 10.4. The predicted octanol–water partition coefficient (Wildman–Crippen LogP) is 3.37. The van der Waals surface area contributed by atoms with Gasteiger partial charge in [0.05, 0.1) is 7.11 Å². The summed E-state index contributed by atoms with van der Waals surface area (Å²) < 4.78 is 24.0. The Labute approximate surface area is 187 Å². The number of benzene rings is 2. The first-order valence-electron chi connectivity index (χ1n) is 10.4. The van der Waals surface area contributed by atoms with Crippen LogP contribution in [0.25, 0.3) is 0 Å². The smallest absolute Gasteiger partial charge is 0.408 e. The summed E-state index contributed by atoms with van der Waals surface area (Å²) in [5, 5.41) is 5.13. The topological polar surface area (TPSA) is 93.7 Å². The lowest BCUT2D eigenvalue weighted by molar-refractivity contribution is -0.145. The van der Waals surface area contributed by atoms with E-state index in [0.29, 0.717) is 6.42 Å². The summed E-state index contributed by atoms with van der Waals surface area (Å²) in [5.74, 6) is -1.71. The third-order valence-corrected chi connectivity index (χ3v) is 4.71. The first-order chi connectivity index (χ1) is 15.3. The van der Waals surface area contributed by atoms with E-state index in [9.17, 15) is 18.8 Å². The van der Waals surface area contributed by atoms with Crippen molar-refractivity contribution >= 4 is 18.0 Å². The highest BCUT2D eigenvalue weighted by Gasteiger charge is 2.29. The normalized spacial score (nSPS) is 12.5. The lowest BCUT2D eigenvalue weighted by Gasteiger charge is -2.23. The predicted molar refractivity (Wildman–Crippen MR) is 117 cm³/mol. The molecule has 0 aliphatic carbocycles. The number of nitrogens with one attached hydrogen (secondary N) is 2. The Morgan fingerprint density at radius 1 is 0.938 bits per heavy atom. The van der Waals surface area contributed by atoms with Crippen LogP contribution >= 0.6 is 0 Å². The van der Waals surface area contributed by atoms with E-state index in [4.69, 9.17) is 9.47 Å². The standard InChI is InChI=1S/C24H29FN2O5/c1-16(2)13-20(27-24(30)32-15-17-9-5-4-6-10-17)22(28)26-21(23(29)31-3)14-18-11-7-8-12-19(18)25/h4-12,16,20-21H,13-15H2,1-3H3,(H,26,28)(H,27,30)/t20-,21-/m0/s1. The van der Waals surface area contributed by atoms with Crippen molar-refractivity contribution in [2.24, 2.45) is 5.92 Å². The van der Waals surface area contributed by atoms with Crippen LogP contribution in [-0.2, 0) is 32.1 Å². The molecule has 2 aromatic rings. The molecule has 0 bridgehead atoms. The molecule has 0 aliphatic rings. The third kappa shape index (κ3) is 8.02. The maximum Gasteiger partial charge on any atom is 0.408 e.